The van der Waals surface area contributed by atoms with Crippen LogP contribution in [0.5, 0.6) is 0 Å². The van der Waals surface area contributed by atoms with Crippen LogP contribution in [0.3, 0.4) is 0 Å². The van der Waals surface area contributed by atoms with Crippen LogP contribution in [0.2, 0.25) is 0 Å². The van der Waals surface area contributed by atoms with Gasteiger partial charge in [-0.15, -0.1) is 0 Å². The number of hydrogen-bond acceptors (Lipinski definition) is 8. The first-order valence-electron chi connectivity index (χ1n) is 23.6. The van der Waals surface area contributed by atoms with Crippen molar-refractivity contribution < 1.29 is 16.8 Å². The van der Waals surface area contributed by atoms with Gasteiger partial charge in [0.05, 0.1) is 59.8 Å². The first-order valence-corrected chi connectivity index (χ1v) is 26.5. The molecule has 73 heavy (non-hydrogen) atoms. The third kappa shape index (κ3) is 6.42. The highest BCUT2D eigenvalue weighted by Gasteiger charge is 2.38. The topological polar surface area (TPSA) is 134 Å². The Morgan fingerprint density at radius 2 is 0.877 bits per heavy atom. The van der Waals surface area contributed by atoms with E-state index in [1.54, 1.807) is 24.3 Å². The van der Waals surface area contributed by atoms with Crippen LogP contribution in [0.25, 0.3) is 107 Å². The minimum Gasteiger partial charge on any atom is -0.290 e. The van der Waals surface area contributed by atoms with Gasteiger partial charge >= 0.3 is 0 Å². The van der Waals surface area contributed by atoms with Crippen molar-refractivity contribution in [1.82, 2.24) is 33.5 Å². The molecule has 0 fully saturated rings. The van der Waals surface area contributed by atoms with E-state index in [-0.39, 0.29) is 14.7 Å². The molecule has 11 nitrogen and oxygen atoms in total. The number of fused-ring (bicyclic) bond motifs is 9. The Bertz CT molecular complexity index is 4700. The van der Waals surface area contributed by atoms with Crippen molar-refractivity contribution in [3.8, 4) is 45.5 Å². The molecule has 13 heteroatoms. The lowest BCUT2D eigenvalue weighted by molar-refractivity contribution is 0.593. The Kier molecular flexibility index (Phi) is 9.40. The minimum atomic E-state index is -3.95. The summed E-state index contributed by atoms with van der Waals surface area (Å²) in [5.74, 6) is 1.93. The summed E-state index contributed by atoms with van der Waals surface area (Å²) in [7, 11) is -7.67. The summed E-state index contributed by atoms with van der Waals surface area (Å²) in [5.41, 5.74) is 10.8. The van der Waals surface area contributed by atoms with Gasteiger partial charge in [0.25, 0.3) is 0 Å². The lowest BCUT2D eigenvalue weighted by Crippen LogP contribution is -2.17. The van der Waals surface area contributed by atoms with Crippen molar-refractivity contribution in [3.63, 3.8) is 0 Å². The second-order valence-electron chi connectivity index (χ2n) is 17.8. The predicted molar refractivity (Wildman–Crippen MR) is 286 cm³/mol. The van der Waals surface area contributed by atoms with Gasteiger partial charge in [-0.25, -0.2) is 36.8 Å². The van der Waals surface area contributed by atoms with Gasteiger partial charge in [-0.3, -0.25) is 13.5 Å². The van der Waals surface area contributed by atoms with Crippen molar-refractivity contribution in [2.45, 2.75) is 19.6 Å². The molecule has 2 aliphatic rings. The second-order valence-corrected chi connectivity index (χ2v) is 21.5. The van der Waals surface area contributed by atoms with E-state index in [0.717, 1.165) is 50.1 Å². The van der Waals surface area contributed by atoms with Crippen molar-refractivity contribution in [2.75, 3.05) is 0 Å². The van der Waals surface area contributed by atoms with Crippen molar-refractivity contribution in [1.29, 1.82) is 0 Å². The van der Waals surface area contributed by atoms with Crippen molar-refractivity contribution >= 4 is 81.5 Å². The maximum Gasteiger partial charge on any atom is 0.211 e. The standard InChI is InChI=1S/C33H19N5O2S.C27H18N2O2S/c39-41(40)28-19-9-16-25-29(28)37(31(36-25)20-10-2-1-3-11-20)27-18-8-13-22(30(27)41)33-34-23-14-5-4-12-21(23)32-35-24-15-6-7-17-26(24)38(32)33;30-32(31)24-16-8-14-22-25(24)29(27(28-22)21-11-5-2-6-12-21)23-15-7-13-20(26(23)32)18-17-19-9-3-1-4-10-19/h1-19H;1-18H/b;18-17+. The number of aromatic nitrogens is 7. The maximum absolute atomic E-state index is 14.5. The normalized spacial score (nSPS) is 13.9. The molecule has 0 saturated heterocycles. The minimum absolute atomic E-state index is 0.206. The third-order valence-electron chi connectivity index (χ3n) is 13.6. The summed E-state index contributed by atoms with van der Waals surface area (Å²) in [5, 5.41) is 0.896. The number of nitrogens with zero attached hydrogens (tertiary/aromatic N) is 7. The molecule has 0 saturated carbocycles. The molecule has 0 bridgehead atoms. The van der Waals surface area contributed by atoms with Crippen LogP contribution in [0, 0.1) is 0 Å². The highest BCUT2D eigenvalue weighted by molar-refractivity contribution is 7.92. The number of imidazole rings is 3. The molecule has 0 unspecified atom stereocenters. The molecule has 0 aliphatic carbocycles. The first kappa shape index (κ1) is 42.6. The van der Waals surface area contributed by atoms with Gasteiger partial charge in [-0.2, -0.15) is 0 Å². The molecular formula is C60H37N7O4S2. The van der Waals surface area contributed by atoms with Gasteiger partial charge in [0.15, 0.2) is 0 Å². The van der Waals surface area contributed by atoms with Crippen molar-refractivity contribution in [3.05, 3.63) is 223 Å². The van der Waals surface area contributed by atoms with E-state index in [2.05, 4.69) is 0 Å². The van der Waals surface area contributed by atoms with Gasteiger partial charge in [-0.05, 0) is 77.9 Å². The second kappa shape index (κ2) is 16.1. The van der Waals surface area contributed by atoms with Gasteiger partial charge in [-0.1, -0.05) is 158 Å². The molecule has 0 amide bonds. The van der Waals surface area contributed by atoms with E-state index < -0.39 is 19.7 Å². The van der Waals surface area contributed by atoms with Crippen LogP contribution in [-0.4, -0.2) is 50.3 Å². The zero-order chi connectivity index (χ0) is 49.0. The summed E-state index contributed by atoms with van der Waals surface area (Å²) < 4.78 is 62.6. The number of sulfone groups is 2. The van der Waals surface area contributed by atoms with Gasteiger partial charge in [0, 0.05) is 22.1 Å². The van der Waals surface area contributed by atoms with E-state index in [4.69, 9.17) is 19.9 Å². The summed E-state index contributed by atoms with van der Waals surface area (Å²) in [6, 6.07) is 67.0. The monoisotopic (exact) mass is 983 g/mol. The quantitative estimate of drug-likeness (QED) is 0.156. The Labute approximate surface area is 418 Å². The molecule has 348 valence electrons. The summed E-state index contributed by atoms with van der Waals surface area (Å²) in [6.45, 7) is 0. The number of hydrogen-bond donors (Lipinski definition) is 0. The summed E-state index contributed by atoms with van der Waals surface area (Å²) >= 11 is 0. The summed E-state index contributed by atoms with van der Waals surface area (Å²) in [4.78, 5) is 20.8. The van der Waals surface area contributed by atoms with Gasteiger partial charge in [0.2, 0.25) is 19.7 Å². The molecule has 6 heterocycles. The Morgan fingerprint density at radius 1 is 0.384 bits per heavy atom. The van der Waals surface area contributed by atoms with E-state index in [9.17, 15) is 16.8 Å². The Morgan fingerprint density at radius 3 is 1.52 bits per heavy atom. The molecule has 0 spiro atoms. The Hall–Kier alpha value is -9.30. The molecule has 0 radical (unpaired) electrons. The first-order chi connectivity index (χ1) is 35.8. The third-order valence-corrected chi connectivity index (χ3v) is 17.4. The number of para-hydroxylation sites is 5. The van der Waals surface area contributed by atoms with E-state index >= 15 is 0 Å². The van der Waals surface area contributed by atoms with E-state index in [0.29, 0.717) is 61.1 Å². The van der Waals surface area contributed by atoms with Gasteiger partial charge < -0.3 is 0 Å². The number of benzene rings is 9. The zero-order valence-corrected chi connectivity index (χ0v) is 40.1. The molecule has 13 aromatic rings. The van der Waals surface area contributed by atoms with Crippen LogP contribution in [0.15, 0.2) is 232 Å². The molecule has 0 atom stereocenters. The molecule has 0 N–H and O–H groups in total. The molecule has 2 aliphatic heterocycles. The van der Waals surface area contributed by atoms with Crippen LogP contribution >= 0.6 is 0 Å². The lowest BCUT2D eigenvalue weighted by Gasteiger charge is -2.23. The zero-order valence-electron chi connectivity index (χ0n) is 38.4. The van der Waals surface area contributed by atoms with Crippen molar-refractivity contribution in [2.24, 2.45) is 0 Å². The lowest BCUT2D eigenvalue weighted by atomic mass is 10.1. The number of rotatable bonds is 5. The van der Waals surface area contributed by atoms with Crippen LogP contribution in [-0.2, 0) is 19.7 Å². The largest absolute Gasteiger partial charge is 0.290 e. The Balaban J connectivity index is 0.000000140. The fraction of sp³-hybridized carbons (Fsp3) is 0. The van der Waals surface area contributed by atoms with E-state index in [1.165, 1.54) is 0 Å². The van der Waals surface area contributed by atoms with Crippen LogP contribution in [0.4, 0.5) is 0 Å². The smallest absolute Gasteiger partial charge is 0.211 e. The van der Waals surface area contributed by atoms with E-state index in [1.807, 2.05) is 214 Å². The van der Waals surface area contributed by atoms with Gasteiger partial charge in [0.1, 0.15) is 32.9 Å². The highest BCUT2D eigenvalue weighted by atomic mass is 32.2. The fourth-order valence-corrected chi connectivity index (χ4v) is 14.1. The average molecular weight is 984 g/mol. The SMILES string of the molecule is O=S1(=O)c2c(-c3nc4ccccc4c4nc5ccccc5n34)cccc2-n2c(-c3ccccc3)nc3cccc1c32.O=S1(=O)c2c(/C=C/c3ccccc3)cccc2-n2c(-c3ccccc3)nc3cccc1c32. The van der Waals surface area contributed by atoms with Crippen LogP contribution < -0.4 is 0 Å². The molecular weight excluding hydrogens is 947 g/mol. The maximum atomic E-state index is 14.5. The average Bonchev–Trinajstić information content (AvgIpc) is 4.16. The van der Waals surface area contributed by atoms with Crippen LogP contribution in [0.1, 0.15) is 11.1 Å². The molecule has 4 aromatic heterocycles. The molecule has 9 aromatic carbocycles. The molecule has 15 rings (SSSR count). The summed E-state index contributed by atoms with van der Waals surface area (Å²) in [6.07, 6.45) is 3.81. The fourth-order valence-electron chi connectivity index (χ4n) is 10.5. The highest BCUT2D eigenvalue weighted by Crippen LogP contribution is 2.47. The predicted octanol–water partition coefficient (Wildman–Crippen LogP) is 12.9.